The zero-order chi connectivity index (χ0) is 8.48. The number of alkyl halides is 2. The third-order valence-electron chi connectivity index (χ3n) is 2.09. The van der Waals surface area contributed by atoms with Gasteiger partial charge in [0.1, 0.15) is 0 Å². The highest BCUT2D eigenvalue weighted by Gasteiger charge is 2.47. The Kier molecular flexibility index (Phi) is 2.44. The molecule has 1 fully saturated rings. The Bertz CT molecular complexity index is 132. The molecular formula is C7H13F2NO. The number of hydrogen-bond acceptors (Lipinski definition) is 2. The van der Waals surface area contributed by atoms with Crippen LogP contribution in [0.25, 0.3) is 0 Å². The molecule has 0 aromatic carbocycles. The normalized spacial score (nSPS) is 26.2. The van der Waals surface area contributed by atoms with Crippen molar-refractivity contribution >= 4 is 0 Å². The van der Waals surface area contributed by atoms with Crippen molar-refractivity contribution < 1.29 is 13.5 Å². The van der Waals surface area contributed by atoms with E-state index in [1.165, 1.54) is 7.11 Å². The van der Waals surface area contributed by atoms with E-state index in [9.17, 15) is 8.78 Å². The van der Waals surface area contributed by atoms with E-state index in [1.54, 1.807) is 0 Å². The summed E-state index contributed by atoms with van der Waals surface area (Å²) in [4.78, 5) is 0. The molecule has 1 unspecified atom stereocenters. The number of halogens is 2. The average Bonchev–Trinajstić information content (AvgIpc) is 1.83. The molecule has 0 spiro atoms. The fourth-order valence-corrected chi connectivity index (χ4v) is 1.34. The smallest absolute Gasteiger partial charge is 0.248 e. The fourth-order valence-electron chi connectivity index (χ4n) is 1.34. The monoisotopic (exact) mass is 165 g/mol. The number of hydrogen-bond donors (Lipinski definition) is 1. The van der Waals surface area contributed by atoms with E-state index < -0.39 is 5.92 Å². The van der Waals surface area contributed by atoms with Crippen molar-refractivity contribution in [3.8, 4) is 0 Å². The molecule has 11 heavy (non-hydrogen) atoms. The van der Waals surface area contributed by atoms with Crippen molar-refractivity contribution in [3.05, 3.63) is 0 Å². The molecule has 0 aromatic rings. The highest BCUT2D eigenvalue weighted by molar-refractivity contribution is 4.91. The van der Waals surface area contributed by atoms with E-state index >= 15 is 0 Å². The van der Waals surface area contributed by atoms with Crippen molar-refractivity contribution in [2.24, 2.45) is 11.7 Å². The molecule has 4 heteroatoms. The second kappa shape index (κ2) is 3.03. The van der Waals surface area contributed by atoms with Crippen LogP contribution < -0.4 is 5.73 Å². The summed E-state index contributed by atoms with van der Waals surface area (Å²) in [6.45, 7) is 0.376. The van der Waals surface area contributed by atoms with Crippen molar-refractivity contribution in [2.45, 2.75) is 24.8 Å². The van der Waals surface area contributed by atoms with Gasteiger partial charge in [0.15, 0.2) is 0 Å². The summed E-state index contributed by atoms with van der Waals surface area (Å²) in [5, 5.41) is 0. The van der Waals surface area contributed by atoms with Crippen LogP contribution in [0.3, 0.4) is 0 Å². The highest BCUT2D eigenvalue weighted by atomic mass is 19.3. The molecule has 0 aromatic heterocycles. The predicted molar refractivity (Wildman–Crippen MR) is 37.5 cm³/mol. The first-order valence-corrected chi connectivity index (χ1v) is 3.67. The summed E-state index contributed by atoms with van der Waals surface area (Å²) in [6, 6.07) is -0.223. The molecule has 0 saturated heterocycles. The summed E-state index contributed by atoms with van der Waals surface area (Å²) in [7, 11) is 1.52. The van der Waals surface area contributed by atoms with Gasteiger partial charge in [-0.2, -0.15) is 0 Å². The van der Waals surface area contributed by atoms with Gasteiger partial charge in [-0.1, -0.05) is 0 Å². The maximum absolute atomic E-state index is 12.3. The molecule has 1 rings (SSSR count). The SMILES string of the molecule is COCC(N)C1CC(F)(F)C1. The second-order valence-corrected chi connectivity index (χ2v) is 3.14. The third kappa shape index (κ3) is 2.10. The number of ether oxygens (including phenoxy) is 1. The van der Waals surface area contributed by atoms with E-state index in [0.717, 1.165) is 0 Å². The molecule has 2 nitrogen and oxygen atoms in total. The van der Waals surface area contributed by atoms with Gasteiger partial charge in [0.05, 0.1) is 6.61 Å². The van der Waals surface area contributed by atoms with Gasteiger partial charge in [-0.25, -0.2) is 8.78 Å². The Morgan fingerprint density at radius 1 is 1.64 bits per heavy atom. The van der Waals surface area contributed by atoms with E-state index in [4.69, 9.17) is 10.5 Å². The molecule has 1 aliphatic rings. The minimum atomic E-state index is -2.46. The Morgan fingerprint density at radius 2 is 2.18 bits per heavy atom. The number of methoxy groups -OCH3 is 1. The maximum atomic E-state index is 12.3. The fraction of sp³-hybridized carbons (Fsp3) is 1.00. The summed E-state index contributed by atoms with van der Waals surface area (Å²) in [5.74, 6) is -2.51. The zero-order valence-corrected chi connectivity index (χ0v) is 6.52. The predicted octanol–water partition coefficient (Wildman–Crippen LogP) is 1.01. The minimum absolute atomic E-state index is 0.0510. The van der Waals surface area contributed by atoms with Gasteiger partial charge < -0.3 is 10.5 Å². The number of rotatable bonds is 3. The van der Waals surface area contributed by atoms with E-state index in [2.05, 4.69) is 0 Å². The van der Waals surface area contributed by atoms with Crippen LogP contribution in [0, 0.1) is 5.92 Å². The van der Waals surface area contributed by atoms with Crippen molar-refractivity contribution in [2.75, 3.05) is 13.7 Å². The topological polar surface area (TPSA) is 35.2 Å². The van der Waals surface area contributed by atoms with Crippen LogP contribution in [0.4, 0.5) is 8.78 Å². The molecule has 1 atom stereocenters. The molecule has 66 valence electrons. The first-order valence-electron chi connectivity index (χ1n) is 3.67. The van der Waals surface area contributed by atoms with Gasteiger partial charge in [-0.3, -0.25) is 0 Å². The van der Waals surface area contributed by atoms with Crippen molar-refractivity contribution in [1.82, 2.24) is 0 Å². The van der Waals surface area contributed by atoms with Crippen molar-refractivity contribution in [3.63, 3.8) is 0 Å². The van der Waals surface area contributed by atoms with Crippen LogP contribution in [0.5, 0.6) is 0 Å². The van der Waals surface area contributed by atoms with Crippen LogP contribution in [-0.2, 0) is 4.74 Å². The van der Waals surface area contributed by atoms with E-state index in [1.807, 2.05) is 0 Å². The van der Waals surface area contributed by atoms with Gasteiger partial charge >= 0.3 is 0 Å². The molecule has 0 radical (unpaired) electrons. The summed E-state index contributed by atoms with van der Waals surface area (Å²) >= 11 is 0. The quantitative estimate of drug-likeness (QED) is 0.677. The Morgan fingerprint density at radius 3 is 2.55 bits per heavy atom. The molecule has 0 heterocycles. The first-order chi connectivity index (χ1) is 5.05. The lowest BCUT2D eigenvalue weighted by Crippen LogP contribution is -2.47. The Balaban J connectivity index is 2.21. The number of nitrogens with two attached hydrogens (primary N) is 1. The van der Waals surface area contributed by atoms with Crippen LogP contribution in [0.1, 0.15) is 12.8 Å². The molecule has 1 saturated carbocycles. The maximum Gasteiger partial charge on any atom is 0.248 e. The lowest BCUT2D eigenvalue weighted by atomic mass is 9.77. The Hall–Kier alpha value is -0.220. The minimum Gasteiger partial charge on any atom is -0.383 e. The Labute approximate surface area is 64.7 Å². The lowest BCUT2D eigenvalue weighted by Gasteiger charge is -2.38. The summed E-state index contributed by atoms with van der Waals surface area (Å²) < 4.78 is 29.3. The first kappa shape index (κ1) is 8.87. The van der Waals surface area contributed by atoms with Crippen LogP contribution in [0.2, 0.25) is 0 Å². The van der Waals surface area contributed by atoms with Crippen molar-refractivity contribution in [1.29, 1.82) is 0 Å². The van der Waals surface area contributed by atoms with E-state index in [-0.39, 0.29) is 24.8 Å². The van der Waals surface area contributed by atoms with Gasteiger partial charge in [0, 0.05) is 26.0 Å². The average molecular weight is 165 g/mol. The zero-order valence-electron chi connectivity index (χ0n) is 6.52. The standard InChI is InChI=1S/C7H13F2NO/c1-11-4-6(10)5-2-7(8,9)3-5/h5-6H,2-4,10H2,1H3. The van der Waals surface area contributed by atoms with Crippen LogP contribution in [-0.4, -0.2) is 25.7 Å². The largest absolute Gasteiger partial charge is 0.383 e. The summed E-state index contributed by atoms with van der Waals surface area (Å²) in [5.41, 5.74) is 5.55. The summed E-state index contributed by atoms with van der Waals surface area (Å²) in [6.07, 6.45) is -0.144. The third-order valence-corrected chi connectivity index (χ3v) is 2.09. The highest BCUT2D eigenvalue weighted by Crippen LogP contribution is 2.43. The van der Waals surface area contributed by atoms with Gasteiger partial charge in [0.2, 0.25) is 5.92 Å². The molecule has 0 amide bonds. The molecule has 1 aliphatic carbocycles. The molecule has 0 aliphatic heterocycles. The molecule has 2 N–H and O–H groups in total. The second-order valence-electron chi connectivity index (χ2n) is 3.14. The van der Waals surface area contributed by atoms with Crippen LogP contribution >= 0.6 is 0 Å². The van der Waals surface area contributed by atoms with Gasteiger partial charge in [0.25, 0.3) is 0 Å². The van der Waals surface area contributed by atoms with Gasteiger partial charge in [-0.15, -0.1) is 0 Å². The lowest BCUT2D eigenvalue weighted by molar-refractivity contribution is -0.120. The van der Waals surface area contributed by atoms with Gasteiger partial charge in [-0.05, 0) is 5.92 Å². The van der Waals surface area contributed by atoms with E-state index in [0.29, 0.717) is 6.61 Å². The van der Waals surface area contributed by atoms with Crippen LogP contribution in [0.15, 0.2) is 0 Å². The molecule has 0 bridgehead atoms. The molecular weight excluding hydrogens is 152 g/mol.